The van der Waals surface area contributed by atoms with Crippen LogP contribution < -0.4 is 0 Å². The molecule has 1 rings (SSSR count). The molecule has 0 radical (unpaired) electrons. The van der Waals surface area contributed by atoms with Crippen LogP contribution in [0.25, 0.3) is 5.57 Å². The van der Waals surface area contributed by atoms with Gasteiger partial charge in [0, 0.05) is 25.0 Å². The molecule has 0 aliphatic rings. The highest BCUT2D eigenvalue weighted by Gasteiger charge is 2.12. The van der Waals surface area contributed by atoms with Gasteiger partial charge in [0.25, 0.3) is 0 Å². The molecule has 3 nitrogen and oxygen atoms in total. The molecule has 0 spiro atoms. The fourth-order valence-corrected chi connectivity index (χ4v) is 1.28. The van der Waals surface area contributed by atoms with E-state index in [9.17, 15) is 4.79 Å². The Morgan fingerprint density at radius 3 is 2.38 bits per heavy atom. The van der Waals surface area contributed by atoms with Gasteiger partial charge in [-0.05, 0) is 19.9 Å². The van der Waals surface area contributed by atoms with Gasteiger partial charge in [0.2, 0.25) is 0 Å². The lowest BCUT2D eigenvalue weighted by molar-refractivity contribution is -0.130. The number of aromatic nitrogens is 1. The first-order valence-corrected chi connectivity index (χ1v) is 4.05. The first-order valence-electron chi connectivity index (χ1n) is 4.05. The smallest absolute Gasteiger partial charge is 0.336 e. The lowest BCUT2D eigenvalue weighted by atomic mass is 10.1. The molecular weight excluding hydrogens is 166 g/mol. The van der Waals surface area contributed by atoms with Gasteiger partial charge in [-0.3, -0.25) is 0 Å². The normalized spacial score (nSPS) is 9.77. The van der Waals surface area contributed by atoms with Crippen molar-refractivity contribution in [2.24, 2.45) is 7.05 Å². The number of nitrogens with zero attached hydrogens (tertiary/aromatic N) is 1. The number of aryl methyl sites for hydroxylation is 1. The van der Waals surface area contributed by atoms with Gasteiger partial charge in [0.1, 0.15) is 0 Å². The van der Waals surface area contributed by atoms with E-state index in [-0.39, 0.29) is 0 Å². The molecule has 0 fully saturated rings. The van der Waals surface area contributed by atoms with E-state index in [1.165, 1.54) is 0 Å². The van der Waals surface area contributed by atoms with Crippen LogP contribution in [-0.4, -0.2) is 15.6 Å². The highest BCUT2D eigenvalue weighted by atomic mass is 16.4. The van der Waals surface area contributed by atoms with Gasteiger partial charge >= 0.3 is 5.97 Å². The van der Waals surface area contributed by atoms with Crippen molar-refractivity contribution in [3.8, 4) is 0 Å². The van der Waals surface area contributed by atoms with Crippen molar-refractivity contribution in [1.29, 1.82) is 0 Å². The lowest BCUT2D eigenvalue weighted by Crippen LogP contribution is -2.00. The summed E-state index contributed by atoms with van der Waals surface area (Å²) in [6.07, 6.45) is 3.64. The van der Waals surface area contributed by atoms with Crippen LogP contribution in [0.5, 0.6) is 0 Å². The van der Waals surface area contributed by atoms with Crippen LogP contribution in [0.4, 0.5) is 0 Å². The predicted octanol–water partition coefficient (Wildman–Crippen LogP) is 1.90. The molecule has 0 aliphatic carbocycles. The summed E-state index contributed by atoms with van der Waals surface area (Å²) in [5, 5.41) is 8.94. The van der Waals surface area contributed by atoms with E-state index in [0.29, 0.717) is 5.57 Å². The third-order valence-electron chi connectivity index (χ3n) is 1.83. The zero-order valence-electron chi connectivity index (χ0n) is 8.03. The quantitative estimate of drug-likeness (QED) is 0.704. The third-order valence-corrected chi connectivity index (χ3v) is 1.83. The van der Waals surface area contributed by atoms with E-state index in [1.54, 1.807) is 26.1 Å². The summed E-state index contributed by atoms with van der Waals surface area (Å²) < 4.78 is 1.83. The zero-order valence-corrected chi connectivity index (χ0v) is 8.03. The molecule has 0 unspecified atom stereocenters. The SMILES string of the molecule is CC(C)=C(C(=O)O)c1ccn(C)c1. The Kier molecular flexibility index (Phi) is 2.56. The summed E-state index contributed by atoms with van der Waals surface area (Å²) in [4.78, 5) is 10.9. The minimum absolute atomic E-state index is 0.389. The molecular formula is C10H13NO2. The van der Waals surface area contributed by atoms with E-state index in [2.05, 4.69) is 0 Å². The molecule has 0 aliphatic heterocycles. The Morgan fingerprint density at radius 2 is 2.08 bits per heavy atom. The summed E-state index contributed by atoms with van der Waals surface area (Å²) in [5.41, 5.74) is 1.97. The second-order valence-electron chi connectivity index (χ2n) is 3.25. The Bertz CT molecular complexity index is 357. The molecule has 3 heteroatoms. The standard InChI is InChI=1S/C10H13NO2/c1-7(2)9(10(12)13)8-4-5-11(3)6-8/h4-6H,1-3H3,(H,12,13). The first kappa shape index (κ1) is 9.58. The average Bonchev–Trinajstić information content (AvgIpc) is 2.34. The second kappa shape index (κ2) is 3.47. The monoisotopic (exact) mass is 179 g/mol. The van der Waals surface area contributed by atoms with E-state index < -0.39 is 5.97 Å². The van der Waals surface area contributed by atoms with Crippen molar-refractivity contribution >= 4 is 11.5 Å². The van der Waals surface area contributed by atoms with Gasteiger partial charge < -0.3 is 9.67 Å². The topological polar surface area (TPSA) is 42.2 Å². The zero-order chi connectivity index (χ0) is 10.0. The lowest BCUT2D eigenvalue weighted by Gasteiger charge is -2.01. The molecule has 0 aromatic carbocycles. The molecule has 13 heavy (non-hydrogen) atoms. The number of rotatable bonds is 2. The van der Waals surface area contributed by atoms with Crippen molar-refractivity contribution in [2.45, 2.75) is 13.8 Å². The molecule has 1 aromatic heterocycles. The van der Waals surface area contributed by atoms with Gasteiger partial charge in [0.05, 0.1) is 5.57 Å². The van der Waals surface area contributed by atoms with Gasteiger partial charge in [-0.15, -0.1) is 0 Å². The minimum Gasteiger partial charge on any atom is -0.478 e. The van der Waals surface area contributed by atoms with E-state index in [0.717, 1.165) is 11.1 Å². The first-order chi connectivity index (χ1) is 6.02. The van der Waals surface area contributed by atoms with Crippen LogP contribution in [0.15, 0.2) is 24.0 Å². The number of hydrogen-bond acceptors (Lipinski definition) is 1. The van der Waals surface area contributed by atoms with Gasteiger partial charge in [-0.25, -0.2) is 4.79 Å². The molecule has 1 N–H and O–H groups in total. The number of aliphatic carboxylic acids is 1. The number of carbonyl (C=O) groups is 1. The van der Waals surface area contributed by atoms with E-state index in [1.807, 2.05) is 17.8 Å². The Morgan fingerprint density at radius 1 is 1.46 bits per heavy atom. The Labute approximate surface area is 77.3 Å². The van der Waals surface area contributed by atoms with Crippen LogP contribution >= 0.6 is 0 Å². The summed E-state index contributed by atoms with van der Waals surface area (Å²) in [6, 6.07) is 1.80. The number of hydrogen-bond donors (Lipinski definition) is 1. The third kappa shape index (κ3) is 1.99. The van der Waals surface area contributed by atoms with Crippen molar-refractivity contribution in [2.75, 3.05) is 0 Å². The second-order valence-corrected chi connectivity index (χ2v) is 3.25. The summed E-state index contributed by atoms with van der Waals surface area (Å²) in [7, 11) is 1.87. The van der Waals surface area contributed by atoms with Crippen LogP contribution in [0.2, 0.25) is 0 Å². The maximum absolute atomic E-state index is 10.9. The van der Waals surface area contributed by atoms with Crippen molar-refractivity contribution in [1.82, 2.24) is 4.57 Å². The van der Waals surface area contributed by atoms with Crippen LogP contribution in [0, 0.1) is 0 Å². The number of carboxylic acids is 1. The molecule has 0 amide bonds. The molecule has 1 aromatic rings. The molecule has 0 saturated heterocycles. The highest BCUT2D eigenvalue weighted by molar-refractivity contribution is 6.16. The van der Waals surface area contributed by atoms with Crippen molar-refractivity contribution in [3.05, 3.63) is 29.6 Å². The minimum atomic E-state index is -0.869. The van der Waals surface area contributed by atoms with Gasteiger partial charge in [-0.1, -0.05) is 5.57 Å². The predicted molar refractivity (Wildman–Crippen MR) is 51.3 cm³/mol. The molecule has 0 saturated carbocycles. The summed E-state index contributed by atoms with van der Waals surface area (Å²) in [6.45, 7) is 3.60. The number of allylic oxidation sites excluding steroid dienone is 1. The highest BCUT2D eigenvalue weighted by Crippen LogP contribution is 2.18. The van der Waals surface area contributed by atoms with Crippen molar-refractivity contribution in [3.63, 3.8) is 0 Å². The largest absolute Gasteiger partial charge is 0.478 e. The van der Waals surface area contributed by atoms with Crippen molar-refractivity contribution < 1.29 is 9.90 Å². The van der Waals surface area contributed by atoms with Gasteiger partial charge in [0.15, 0.2) is 0 Å². The molecule has 0 atom stereocenters. The van der Waals surface area contributed by atoms with Crippen LogP contribution in [0.1, 0.15) is 19.4 Å². The fourth-order valence-electron chi connectivity index (χ4n) is 1.28. The molecule has 1 heterocycles. The molecule has 70 valence electrons. The Balaban J connectivity index is 3.19. The summed E-state index contributed by atoms with van der Waals surface area (Å²) in [5.74, 6) is -0.869. The van der Waals surface area contributed by atoms with E-state index >= 15 is 0 Å². The van der Waals surface area contributed by atoms with Gasteiger partial charge in [-0.2, -0.15) is 0 Å². The maximum atomic E-state index is 10.9. The molecule has 0 bridgehead atoms. The average molecular weight is 179 g/mol. The maximum Gasteiger partial charge on any atom is 0.336 e. The fraction of sp³-hybridized carbons (Fsp3) is 0.300. The van der Waals surface area contributed by atoms with Crippen LogP contribution in [-0.2, 0) is 11.8 Å². The summed E-state index contributed by atoms with van der Waals surface area (Å²) >= 11 is 0. The number of carboxylic acid groups (broad SMARTS) is 1. The van der Waals surface area contributed by atoms with E-state index in [4.69, 9.17) is 5.11 Å². The Hall–Kier alpha value is -1.51. The van der Waals surface area contributed by atoms with Crippen LogP contribution in [0.3, 0.4) is 0 Å².